The highest BCUT2D eigenvalue weighted by Gasteiger charge is 2.18. The summed E-state index contributed by atoms with van der Waals surface area (Å²) in [5.41, 5.74) is 3.96. The Bertz CT molecular complexity index is 849. The number of aryl methyl sites for hydroxylation is 1. The van der Waals surface area contributed by atoms with Gasteiger partial charge in [0.15, 0.2) is 0 Å². The lowest BCUT2D eigenvalue weighted by atomic mass is 10.1. The fourth-order valence-electron chi connectivity index (χ4n) is 2.67. The van der Waals surface area contributed by atoms with Crippen LogP contribution in [0.25, 0.3) is 0 Å². The van der Waals surface area contributed by atoms with E-state index in [4.69, 9.17) is 0 Å². The minimum absolute atomic E-state index is 0.120. The van der Waals surface area contributed by atoms with Gasteiger partial charge in [-0.15, -0.1) is 0 Å². The molecule has 0 saturated carbocycles. The molecule has 0 heterocycles. The summed E-state index contributed by atoms with van der Waals surface area (Å²) in [7, 11) is -3.37. The summed E-state index contributed by atoms with van der Waals surface area (Å²) in [5.74, 6) is -0.188. The predicted octanol–water partition coefficient (Wildman–Crippen LogP) is 3.14. The normalized spacial score (nSPS) is 11.5. The van der Waals surface area contributed by atoms with Gasteiger partial charge in [-0.3, -0.25) is 4.79 Å². The average Bonchev–Trinajstić information content (AvgIpc) is 2.58. The van der Waals surface area contributed by atoms with Crippen LogP contribution < -0.4 is 5.32 Å². The third-order valence-corrected chi connectivity index (χ3v) is 5.73. The molecule has 140 valence electrons. The third kappa shape index (κ3) is 5.97. The monoisotopic (exact) mass is 374 g/mol. The van der Waals surface area contributed by atoms with Crippen molar-refractivity contribution in [2.45, 2.75) is 26.7 Å². The number of hydrogen-bond acceptors (Lipinski definition) is 3. The molecule has 1 N–H and O–H groups in total. The minimum atomic E-state index is -3.37. The van der Waals surface area contributed by atoms with E-state index in [0.717, 1.165) is 22.4 Å². The van der Waals surface area contributed by atoms with Crippen LogP contribution in [0.1, 0.15) is 23.1 Å². The molecule has 0 saturated heterocycles. The molecule has 6 heteroatoms. The van der Waals surface area contributed by atoms with Gasteiger partial charge in [0.05, 0.1) is 6.26 Å². The average molecular weight is 375 g/mol. The largest absolute Gasteiger partial charge is 0.326 e. The van der Waals surface area contributed by atoms with Gasteiger partial charge in [-0.05, 0) is 43.0 Å². The minimum Gasteiger partial charge on any atom is -0.326 e. The Morgan fingerprint density at radius 3 is 2.35 bits per heavy atom. The Balaban J connectivity index is 1.94. The second kappa shape index (κ2) is 8.96. The molecular formula is C20H26N2O3S. The maximum Gasteiger partial charge on any atom is 0.225 e. The molecule has 0 aliphatic rings. The van der Waals surface area contributed by atoms with Gasteiger partial charge < -0.3 is 5.32 Å². The van der Waals surface area contributed by atoms with Crippen molar-refractivity contribution in [3.05, 3.63) is 65.2 Å². The van der Waals surface area contributed by atoms with Crippen LogP contribution >= 0.6 is 0 Å². The van der Waals surface area contributed by atoms with Gasteiger partial charge in [-0.25, -0.2) is 12.7 Å². The number of nitrogens with zero attached hydrogens (tertiary/aromatic N) is 1. The summed E-state index contributed by atoms with van der Waals surface area (Å²) >= 11 is 0. The number of benzene rings is 2. The van der Waals surface area contributed by atoms with Crippen LogP contribution in [0.5, 0.6) is 0 Å². The number of carbonyl (C=O) groups is 1. The number of rotatable bonds is 8. The lowest BCUT2D eigenvalue weighted by Gasteiger charge is -2.20. The standard InChI is InChI=1S/C20H26N2O3S/c1-16-8-7-11-19(17(16)2)21-20(23)13-15-22(26(3,24)25)14-12-18-9-5-4-6-10-18/h4-11H,12-15H2,1-3H3,(H,21,23). The lowest BCUT2D eigenvalue weighted by molar-refractivity contribution is -0.116. The van der Waals surface area contributed by atoms with E-state index in [1.54, 1.807) is 0 Å². The number of nitrogens with one attached hydrogen (secondary N) is 1. The van der Waals surface area contributed by atoms with Crippen molar-refractivity contribution >= 4 is 21.6 Å². The van der Waals surface area contributed by atoms with E-state index in [9.17, 15) is 13.2 Å². The zero-order chi connectivity index (χ0) is 19.2. The number of anilines is 1. The molecule has 2 rings (SSSR count). The van der Waals surface area contributed by atoms with Crippen LogP contribution in [0.15, 0.2) is 48.5 Å². The molecule has 0 atom stereocenters. The SMILES string of the molecule is Cc1cccc(NC(=O)CCN(CCc2ccccc2)S(C)(=O)=O)c1C. The number of amides is 1. The molecule has 2 aromatic carbocycles. The smallest absolute Gasteiger partial charge is 0.225 e. The van der Waals surface area contributed by atoms with Gasteiger partial charge in [-0.1, -0.05) is 42.5 Å². The molecule has 0 spiro atoms. The van der Waals surface area contributed by atoms with Crippen molar-refractivity contribution in [3.8, 4) is 0 Å². The van der Waals surface area contributed by atoms with Gasteiger partial charge in [-0.2, -0.15) is 0 Å². The van der Waals surface area contributed by atoms with Crippen molar-refractivity contribution in [1.29, 1.82) is 0 Å². The van der Waals surface area contributed by atoms with Gasteiger partial charge in [0.2, 0.25) is 15.9 Å². The summed E-state index contributed by atoms with van der Waals surface area (Å²) in [6.45, 7) is 4.47. The maximum atomic E-state index is 12.2. The van der Waals surface area contributed by atoms with Crippen LogP contribution in [-0.2, 0) is 21.2 Å². The first-order valence-corrected chi connectivity index (χ1v) is 10.5. The molecular weight excluding hydrogens is 348 g/mol. The van der Waals surface area contributed by atoms with Crippen LogP contribution in [0.4, 0.5) is 5.69 Å². The number of carbonyl (C=O) groups excluding carboxylic acids is 1. The Kier molecular flexibility index (Phi) is 6.94. The first-order chi connectivity index (χ1) is 12.3. The molecule has 0 radical (unpaired) electrons. The highest BCUT2D eigenvalue weighted by molar-refractivity contribution is 7.88. The van der Waals surface area contributed by atoms with E-state index >= 15 is 0 Å². The summed E-state index contributed by atoms with van der Waals surface area (Å²) in [6, 6.07) is 15.4. The van der Waals surface area contributed by atoms with E-state index in [2.05, 4.69) is 5.32 Å². The van der Waals surface area contributed by atoms with E-state index in [1.807, 2.05) is 62.4 Å². The molecule has 0 unspecified atom stereocenters. The van der Waals surface area contributed by atoms with E-state index in [1.165, 1.54) is 10.6 Å². The molecule has 0 fully saturated rings. The summed E-state index contributed by atoms with van der Waals surface area (Å²) in [5, 5.41) is 2.87. The second-order valence-corrected chi connectivity index (χ2v) is 8.43. The van der Waals surface area contributed by atoms with Crippen LogP contribution in [0.3, 0.4) is 0 Å². The summed E-state index contributed by atoms with van der Waals surface area (Å²) < 4.78 is 25.4. The van der Waals surface area contributed by atoms with Crippen molar-refractivity contribution < 1.29 is 13.2 Å². The molecule has 26 heavy (non-hydrogen) atoms. The van der Waals surface area contributed by atoms with Crippen molar-refractivity contribution in [2.75, 3.05) is 24.7 Å². The summed E-state index contributed by atoms with van der Waals surface area (Å²) in [4.78, 5) is 12.2. The van der Waals surface area contributed by atoms with E-state index in [-0.39, 0.29) is 18.9 Å². The number of sulfonamides is 1. The summed E-state index contributed by atoms with van der Waals surface area (Å²) in [6.07, 6.45) is 1.92. The zero-order valence-corrected chi connectivity index (χ0v) is 16.3. The molecule has 0 aliphatic heterocycles. The van der Waals surface area contributed by atoms with Crippen molar-refractivity contribution in [3.63, 3.8) is 0 Å². The van der Waals surface area contributed by atoms with Crippen LogP contribution in [-0.4, -0.2) is 38.0 Å². The van der Waals surface area contributed by atoms with E-state index < -0.39 is 10.0 Å². The quantitative estimate of drug-likeness (QED) is 0.772. The van der Waals surface area contributed by atoms with Crippen LogP contribution in [0, 0.1) is 13.8 Å². The van der Waals surface area contributed by atoms with Gasteiger partial charge >= 0.3 is 0 Å². The fourth-order valence-corrected chi connectivity index (χ4v) is 3.51. The van der Waals surface area contributed by atoms with Gasteiger partial charge in [0.1, 0.15) is 0 Å². The first kappa shape index (κ1) is 20.1. The van der Waals surface area contributed by atoms with Crippen LogP contribution in [0.2, 0.25) is 0 Å². The van der Waals surface area contributed by atoms with Crippen molar-refractivity contribution in [1.82, 2.24) is 4.31 Å². The molecule has 5 nitrogen and oxygen atoms in total. The highest BCUT2D eigenvalue weighted by Crippen LogP contribution is 2.18. The molecule has 0 bridgehead atoms. The number of hydrogen-bond donors (Lipinski definition) is 1. The Labute approximate surface area is 156 Å². The maximum absolute atomic E-state index is 12.2. The highest BCUT2D eigenvalue weighted by atomic mass is 32.2. The third-order valence-electron chi connectivity index (χ3n) is 4.43. The molecule has 2 aromatic rings. The van der Waals surface area contributed by atoms with Gasteiger partial charge in [0, 0.05) is 25.2 Å². The predicted molar refractivity (Wildman–Crippen MR) is 106 cm³/mol. The van der Waals surface area contributed by atoms with E-state index in [0.29, 0.717) is 13.0 Å². The fraction of sp³-hybridized carbons (Fsp3) is 0.350. The molecule has 1 amide bonds. The molecule has 0 aliphatic carbocycles. The Morgan fingerprint density at radius 1 is 1.00 bits per heavy atom. The Morgan fingerprint density at radius 2 is 1.69 bits per heavy atom. The van der Waals surface area contributed by atoms with Gasteiger partial charge in [0.25, 0.3) is 0 Å². The Hall–Kier alpha value is -2.18. The van der Waals surface area contributed by atoms with Crippen molar-refractivity contribution in [2.24, 2.45) is 0 Å². The topological polar surface area (TPSA) is 66.5 Å². The molecule has 0 aromatic heterocycles. The zero-order valence-electron chi connectivity index (χ0n) is 15.5. The first-order valence-electron chi connectivity index (χ1n) is 8.62. The second-order valence-electron chi connectivity index (χ2n) is 6.44. The lowest BCUT2D eigenvalue weighted by Crippen LogP contribution is -2.34.